The van der Waals surface area contributed by atoms with Gasteiger partial charge in [-0.05, 0) is 36.1 Å². The zero-order chi connectivity index (χ0) is 15.4. The number of aromatic hydroxyl groups is 1. The Morgan fingerprint density at radius 2 is 1.67 bits per heavy atom. The Morgan fingerprint density at radius 3 is 2.33 bits per heavy atom. The van der Waals surface area contributed by atoms with Gasteiger partial charge in [-0.3, -0.25) is 10.8 Å². The van der Waals surface area contributed by atoms with Crippen molar-refractivity contribution in [1.82, 2.24) is 0 Å². The average Bonchev–Trinajstić information content (AvgIpc) is 2.48. The molecule has 1 aliphatic carbocycles. The van der Waals surface area contributed by atoms with Gasteiger partial charge in [-0.1, -0.05) is 36.4 Å². The number of phenolic OH excluding ortho intramolecular Hbond substituents is 1. The molecular weight excluding hydrogens is 262 g/mol. The van der Waals surface area contributed by atoms with Crippen molar-refractivity contribution in [2.24, 2.45) is 0 Å². The molecule has 1 aliphatic rings. The van der Waals surface area contributed by atoms with Crippen molar-refractivity contribution in [3.8, 4) is 5.75 Å². The van der Waals surface area contributed by atoms with Gasteiger partial charge in [0, 0.05) is 5.39 Å². The molecule has 3 rings (SSSR count). The van der Waals surface area contributed by atoms with Gasteiger partial charge in [0.25, 0.3) is 0 Å². The van der Waals surface area contributed by atoms with Gasteiger partial charge in [-0.15, -0.1) is 0 Å². The monoisotopic (exact) mass is 279 g/mol. The lowest BCUT2D eigenvalue weighted by atomic mass is 10.1. The van der Waals surface area contributed by atoms with E-state index in [1.165, 1.54) is 0 Å². The number of phenols is 1. The number of hydrogen-bond donors (Lipinski definition) is 4. The lowest BCUT2D eigenvalue weighted by Crippen LogP contribution is -2.08. The third-order valence-electron chi connectivity index (χ3n) is 3.12. The minimum atomic E-state index is 0.147. The van der Waals surface area contributed by atoms with E-state index in [0.717, 1.165) is 16.3 Å². The zero-order valence-electron chi connectivity index (χ0n) is 11.7. The van der Waals surface area contributed by atoms with Crippen LogP contribution in [0.5, 0.6) is 5.75 Å². The minimum Gasteiger partial charge on any atom is -0.506 e. The van der Waals surface area contributed by atoms with E-state index in [9.17, 15) is 5.11 Å². The van der Waals surface area contributed by atoms with Gasteiger partial charge in [-0.2, -0.15) is 0 Å². The second kappa shape index (κ2) is 6.05. The van der Waals surface area contributed by atoms with Crippen LogP contribution < -0.4 is 5.73 Å². The number of nitrogens with one attached hydrogen (secondary N) is 2. The van der Waals surface area contributed by atoms with Crippen molar-refractivity contribution in [2.75, 3.05) is 5.73 Å². The summed E-state index contributed by atoms with van der Waals surface area (Å²) >= 11 is 0. The number of nitrogen functional groups attached to an aromatic ring is 1. The fourth-order valence-electron chi connectivity index (χ4n) is 1.94. The van der Waals surface area contributed by atoms with E-state index in [0.29, 0.717) is 17.1 Å². The first-order valence-corrected chi connectivity index (χ1v) is 6.49. The molecule has 2 aromatic carbocycles. The van der Waals surface area contributed by atoms with Crippen LogP contribution >= 0.6 is 0 Å². The molecule has 21 heavy (non-hydrogen) atoms. The van der Waals surface area contributed by atoms with Gasteiger partial charge in [0.05, 0.1) is 17.1 Å². The summed E-state index contributed by atoms with van der Waals surface area (Å²) < 4.78 is 0. The van der Waals surface area contributed by atoms with Gasteiger partial charge in [-0.25, -0.2) is 0 Å². The summed E-state index contributed by atoms with van der Waals surface area (Å²) in [6.45, 7) is 1.91. The fraction of sp³-hybridized carbons (Fsp3) is 0.0588. The van der Waals surface area contributed by atoms with Crippen LogP contribution in [0.25, 0.3) is 10.8 Å². The Balaban J connectivity index is 0.000000161. The van der Waals surface area contributed by atoms with Crippen molar-refractivity contribution in [2.45, 2.75) is 6.92 Å². The molecule has 0 spiro atoms. The molecule has 0 radical (unpaired) electrons. The Labute approximate surface area is 123 Å². The third-order valence-corrected chi connectivity index (χ3v) is 3.12. The summed E-state index contributed by atoms with van der Waals surface area (Å²) in [4.78, 5) is 0. The Kier molecular flexibility index (Phi) is 4.18. The zero-order valence-corrected chi connectivity index (χ0v) is 11.7. The predicted molar refractivity (Wildman–Crippen MR) is 88.4 cm³/mol. The Hall–Kier alpha value is -2.88. The van der Waals surface area contributed by atoms with Crippen LogP contribution in [0.1, 0.15) is 6.92 Å². The molecule has 0 bridgehead atoms. The van der Waals surface area contributed by atoms with Crippen molar-refractivity contribution in [3.63, 3.8) is 0 Å². The van der Waals surface area contributed by atoms with Crippen molar-refractivity contribution >= 4 is 27.9 Å². The lowest BCUT2D eigenvalue weighted by Gasteiger charge is -2.02. The molecule has 0 unspecified atom stereocenters. The fourth-order valence-corrected chi connectivity index (χ4v) is 1.94. The molecule has 2 aromatic rings. The number of benzene rings is 2. The Bertz CT molecular complexity index is 773. The van der Waals surface area contributed by atoms with Crippen LogP contribution in [0, 0.1) is 10.8 Å². The van der Waals surface area contributed by atoms with Crippen molar-refractivity contribution < 1.29 is 5.11 Å². The summed E-state index contributed by atoms with van der Waals surface area (Å²) in [7, 11) is 0. The van der Waals surface area contributed by atoms with Crippen LogP contribution in [0.3, 0.4) is 0 Å². The quantitative estimate of drug-likeness (QED) is 0.336. The van der Waals surface area contributed by atoms with E-state index in [2.05, 4.69) is 0 Å². The van der Waals surface area contributed by atoms with E-state index in [1.807, 2.05) is 43.3 Å². The molecule has 0 amide bonds. The van der Waals surface area contributed by atoms with E-state index >= 15 is 0 Å². The summed E-state index contributed by atoms with van der Waals surface area (Å²) in [6.07, 6.45) is 5.15. The average molecular weight is 279 g/mol. The topological polar surface area (TPSA) is 94.0 Å². The first-order valence-electron chi connectivity index (χ1n) is 6.49. The van der Waals surface area contributed by atoms with Gasteiger partial charge < -0.3 is 10.8 Å². The molecular formula is C17H17N3O. The summed E-state index contributed by atoms with van der Waals surface area (Å²) in [5.41, 5.74) is 7.75. The van der Waals surface area contributed by atoms with E-state index < -0.39 is 0 Å². The van der Waals surface area contributed by atoms with E-state index in [-0.39, 0.29) is 5.75 Å². The standard InChI is InChI=1S/C10H9NO.C7H8N2/c11-10-8-4-2-1-3-7(8)5-6-9(10)12;1-5-2-3-6(8)7(9)4-5/h1-6,12H,11H2;2-4,8-9H,1H3. The smallest absolute Gasteiger partial charge is 0.139 e. The highest BCUT2D eigenvalue weighted by Gasteiger charge is 2.02. The van der Waals surface area contributed by atoms with Gasteiger partial charge in [0.15, 0.2) is 0 Å². The van der Waals surface area contributed by atoms with Crippen LogP contribution in [0.4, 0.5) is 5.69 Å². The minimum absolute atomic E-state index is 0.147. The SMILES string of the molecule is CC1=CC(=N)C(=N)C=C1.Nc1c(O)ccc2ccccc12. The normalized spacial score (nSPS) is 13.7. The van der Waals surface area contributed by atoms with Crippen LogP contribution in [0.2, 0.25) is 0 Å². The Morgan fingerprint density at radius 1 is 0.952 bits per heavy atom. The number of nitrogens with two attached hydrogens (primary N) is 1. The molecule has 106 valence electrons. The third kappa shape index (κ3) is 3.36. The first kappa shape index (κ1) is 14.5. The van der Waals surface area contributed by atoms with E-state index in [4.69, 9.17) is 16.6 Å². The molecule has 0 aliphatic heterocycles. The largest absolute Gasteiger partial charge is 0.506 e. The van der Waals surface area contributed by atoms with Gasteiger partial charge in [0.2, 0.25) is 0 Å². The molecule has 0 aromatic heterocycles. The molecule has 0 atom stereocenters. The summed E-state index contributed by atoms with van der Waals surface area (Å²) in [6, 6.07) is 11.2. The van der Waals surface area contributed by atoms with Gasteiger partial charge >= 0.3 is 0 Å². The maximum Gasteiger partial charge on any atom is 0.139 e. The molecule has 0 fully saturated rings. The van der Waals surface area contributed by atoms with Crippen molar-refractivity contribution in [3.05, 3.63) is 60.2 Å². The molecule has 0 saturated carbocycles. The number of allylic oxidation sites excluding steroid dienone is 4. The van der Waals surface area contributed by atoms with Crippen molar-refractivity contribution in [1.29, 1.82) is 10.8 Å². The molecule has 4 heteroatoms. The summed E-state index contributed by atoms with van der Waals surface area (Å²) in [5, 5.41) is 25.5. The van der Waals surface area contributed by atoms with Gasteiger partial charge in [0.1, 0.15) is 5.75 Å². The highest BCUT2D eigenvalue weighted by molar-refractivity contribution is 6.49. The number of fused-ring (bicyclic) bond motifs is 1. The van der Waals surface area contributed by atoms with Crippen LogP contribution in [-0.4, -0.2) is 16.5 Å². The summed E-state index contributed by atoms with van der Waals surface area (Å²) in [5.74, 6) is 0.147. The lowest BCUT2D eigenvalue weighted by molar-refractivity contribution is 0.478. The highest BCUT2D eigenvalue weighted by Crippen LogP contribution is 2.28. The second-order valence-electron chi connectivity index (χ2n) is 4.77. The maximum atomic E-state index is 9.29. The highest BCUT2D eigenvalue weighted by atomic mass is 16.3. The number of rotatable bonds is 0. The van der Waals surface area contributed by atoms with Crippen LogP contribution in [0.15, 0.2) is 60.2 Å². The van der Waals surface area contributed by atoms with Crippen LogP contribution in [-0.2, 0) is 0 Å². The first-order chi connectivity index (χ1) is 9.99. The van der Waals surface area contributed by atoms with E-state index in [1.54, 1.807) is 18.2 Å². The number of hydrogen-bond acceptors (Lipinski definition) is 4. The molecule has 0 heterocycles. The maximum absolute atomic E-state index is 9.29. The second-order valence-corrected chi connectivity index (χ2v) is 4.77. The molecule has 4 nitrogen and oxygen atoms in total. The molecule has 0 saturated heterocycles. The predicted octanol–water partition coefficient (Wildman–Crippen LogP) is 3.67. The molecule has 5 N–H and O–H groups in total. The number of anilines is 1.